The Hall–Kier alpha value is -0.0800. The lowest BCUT2D eigenvalue weighted by molar-refractivity contribution is -0.0899. The first kappa shape index (κ1) is 16.8. The van der Waals surface area contributed by atoms with Crippen LogP contribution < -0.4 is 0 Å². The lowest BCUT2D eigenvalue weighted by Gasteiger charge is -2.58. The first-order valence-electron chi connectivity index (χ1n) is 9.62. The zero-order chi connectivity index (χ0) is 16.1. The van der Waals surface area contributed by atoms with E-state index in [1.165, 1.54) is 52.0 Å². The van der Waals surface area contributed by atoms with Crippen LogP contribution in [0.15, 0.2) is 0 Å². The van der Waals surface area contributed by atoms with Crippen molar-refractivity contribution in [3.05, 3.63) is 0 Å². The molecule has 3 atom stereocenters. The molecule has 2 heteroatoms. The fourth-order valence-corrected chi connectivity index (χ4v) is 5.11. The van der Waals surface area contributed by atoms with E-state index in [2.05, 4.69) is 51.3 Å². The minimum atomic E-state index is 0.368. The Labute approximate surface area is 138 Å². The predicted octanol–water partition coefficient (Wildman–Crippen LogP) is 4.11. The molecule has 1 aliphatic carbocycles. The number of hydrogen-bond acceptors (Lipinski definition) is 2. The molecule has 0 spiro atoms. The molecule has 0 N–H and O–H groups in total. The van der Waals surface area contributed by atoms with Crippen molar-refractivity contribution >= 4 is 0 Å². The summed E-state index contributed by atoms with van der Waals surface area (Å²) in [6.45, 7) is 21.2. The molecule has 2 nitrogen and oxygen atoms in total. The Morgan fingerprint density at radius 3 is 1.86 bits per heavy atom. The molecule has 0 aromatic heterocycles. The zero-order valence-corrected chi connectivity index (χ0v) is 15.9. The SMILES string of the molecule is CC(C)(C)C1CCN(CC2[C@@H]3C[C@H]2CN(C(C)(C)C)C3)CC1. The van der Waals surface area contributed by atoms with E-state index < -0.39 is 0 Å². The number of hydrogen-bond donors (Lipinski definition) is 0. The number of rotatable bonds is 2. The third-order valence-corrected chi connectivity index (χ3v) is 6.96. The van der Waals surface area contributed by atoms with Crippen LogP contribution in [0.5, 0.6) is 0 Å². The maximum absolute atomic E-state index is 2.79. The van der Waals surface area contributed by atoms with E-state index >= 15 is 0 Å². The van der Waals surface area contributed by atoms with E-state index in [1.54, 1.807) is 0 Å². The van der Waals surface area contributed by atoms with Crippen LogP contribution in [-0.2, 0) is 0 Å². The molecule has 2 bridgehead atoms. The lowest BCUT2D eigenvalue weighted by Crippen LogP contribution is -2.62. The van der Waals surface area contributed by atoms with Crippen LogP contribution in [0.1, 0.15) is 60.8 Å². The number of fused-ring (bicyclic) bond motifs is 2. The fraction of sp³-hybridized carbons (Fsp3) is 1.00. The molecule has 22 heavy (non-hydrogen) atoms. The van der Waals surface area contributed by atoms with Gasteiger partial charge in [-0.1, -0.05) is 20.8 Å². The number of likely N-dealkylation sites (tertiary alicyclic amines) is 2. The van der Waals surface area contributed by atoms with Gasteiger partial charge in [0.1, 0.15) is 0 Å². The van der Waals surface area contributed by atoms with Gasteiger partial charge in [-0.25, -0.2) is 0 Å². The predicted molar refractivity (Wildman–Crippen MR) is 95.0 cm³/mol. The smallest absolute Gasteiger partial charge is 0.0125 e. The second-order valence-corrected chi connectivity index (χ2v) is 10.4. The average Bonchev–Trinajstić information content (AvgIpc) is 2.43. The van der Waals surface area contributed by atoms with E-state index in [0.29, 0.717) is 11.0 Å². The van der Waals surface area contributed by atoms with Crippen molar-refractivity contribution in [1.29, 1.82) is 0 Å². The van der Waals surface area contributed by atoms with Crippen LogP contribution in [0, 0.1) is 29.1 Å². The lowest BCUT2D eigenvalue weighted by atomic mass is 9.60. The summed E-state index contributed by atoms with van der Waals surface area (Å²) in [4.78, 5) is 5.52. The quantitative estimate of drug-likeness (QED) is 0.757. The van der Waals surface area contributed by atoms with Crippen molar-refractivity contribution < 1.29 is 0 Å². The third-order valence-electron chi connectivity index (χ3n) is 6.96. The molecule has 2 aliphatic heterocycles. The van der Waals surface area contributed by atoms with E-state index in [9.17, 15) is 0 Å². The maximum atomic E-state index is 2.79. The summed E-state index contributed by atoms with van der Waals surface area (Å²) in [5.74, 6) is 3.91. The molecule has 1 unspecified atom stereocenters. The molecular weight excluding hydrogens is 268 g/mol. The van der Waals surface area contributed by atoms with Gasteiger partial charge in [-0.05, 0) is 82.2 Å². The third kappa shape index (κ3) is 3.38. The van der Waals surface area contributed by atoms with Gasteiger partial charge in [0.15, 0.2) is 0 Å². The first-order valence-corrected chi connectivity index (χ1v) is 9.62. The highest BCUT2D eigenvalue weighted by atomic mass is 15.2. The van der Waals surface area contributed by atoms with E-state index in [-0.39, 0.29) is 0 Å². The normalized spacial score (nSPS) is 35.5. The summed E-state index contributed by atoms with van der Waals surface area (Å²) >= 11 is 0. The molecular formula is C20H38N2. The summed E-state index contributed by atoms with van der Waals surface area (Å²) in [5, 5.41) is 0. The minimum absolute atomic E-state index is 0.368. The molecule has 3 rings (SSSR count). The number of piperidine rings is 3. The van der Waals surface area contributed by atoms with Crippen LogP contribution in [0.3, 0.4) is 0 Å². The van der Waals surface area contributed by atoms with Gasteiger partial charge in [-0.15, -0.1) is 0 Å². The van der Waals surface area contributed by atoms with Gasteiger partial charge in [0.2, 0.25) is 0 Å². The Morgan fingerprint density at radius 1 is 0.864 bits per heavy atom. The Bertz CT molecular complexity index is 369. The van der Waals surface area contributed by atoms with Gasteiger partial charge in [-0.2, -0.15) is 0 Å². The van der Waals surface area contributed by atoms with Crippen molar-refractivity contribution in [3.8, 4) is 0 Å². The summed E-state index contributed by atoms with van der Waals surface area (Å²) < 4.78 is 0. The highest BCUT2D eigenvalue weighted by Crippen LogP contribution is 2.47. The Balaban J connectivity index is 1.47. The van der Waals surface area contributed by atoms with Crippen molar-refractivity contribution in [3.63, 3.8) is 0 Å². The van der Waals surface area contributed by atoms with Gasteiger partial charge in [0.25, 0.3) is 0 Å². The van der Waals surface area contributed by atoms with Gasteiger partial charge in [0, 0.05) is 25.2 Å². The highest BCUT2D eigenvalue weighted by Gasteiger charge is 2.48. The van der Waals surface area contributed by atoms with Crippen LogP contribution in [0.25, 0.3) is 0 Å². The maximum Gasteiger partial charge on any atom is 0.0125 e. The van der Waals surface area contributed by atoms with Crippen molar-refractivity contribution in [1.82, 2.24) is 9.80 Å². The molecule has 0 aromatic carbocycles. The Kier molecular flexibility index (Phi) is 4.40. The molecule has 0 radical (unpaired) electrons. The Morgan fingerprint density at radius 2 is 1.41 bits per heavy atom. The molecule has 128 valence electrons. The van der Waals surface area contributed by atoms with Crippen LogP contribution in [0.4, 0.5) is 0 Å². The molecule has 3 fully saturated rings. The molecule has 2 heterocycles. The average molecular weight is 307 g/mol. The molecule has 2 saturated heterocycles. The zero-order valence-electron chi connectivity index (χ0n) is 15.9. The highest BCUT2D eigenvalue weighted by molar-refractivity contribution is 5.01. The molecule has 0 amide bonds. The topological polar surface area (TPSA) is 6.48 Å². The van der Waals surface area contributed by atoms with Crippen molar-refractivity contribution in [2.45, 2.75) is 66.3 Å². The van der Waals surface area contributed by atoms with Crippen LogP contribution >= 0.6 is 0 Å². The van der Waals surface area contributed by atoms with Crippen molar-refractivity contribution in [2.24, 2.45) is 29.1 Å². The molecule has 3 aliphatic rings. The van der Waals surface area contributed by atoms with Crippen LogP contribution in [-0.4, -0.2) is 48.1 Å². The first-order chi connectivity index (χ1) is 10.1. The van der Waals surface area contributed by atoms with Gasteiger partial charge in [0.05, 0.1) is 0 Å². The largest absolute Gasteiger partial charge is 0.303 e. The molecule has 0 aromatic rings. The standard InChI is InChI=1S/C20H38N2/c1-19(2,3)17-7-9-21(10-8-17)14-18-15-11-16(18)13-22(12-15)20(4,5)6/h15-18H,7-14H2,1-6H3/t15-,16+,18?. The van der Waals surface area contributed by atoms with E-state index in [4.69, 9.17) is 0 Å². The van der Waals surface area contributed by atoms with Crippen molar-refractivity contribution in [2.75, 3.05) is 32.7 Å². The van der Waals surface area contributed by atoms with Crippen LogP contribution in [0.2, 0.25) is 0 Å². The summed E-state index contributed by atoms with van der Waals surface area (Å²) in [6.07, 6.45) is 4.34. The van der Waals surface area contributed by atoms with Gasteiger partial charge in [-0.3, -0.25) is 4.90 Å². The van der Waals surface area contributed by atoms with Gasteiger partial charge >= 0.3 is 0 Å². The van der Waals surface area contributed by atoms with E-state index in [1.807, 2.05) is 0 Å². The second-order valence-electron chi connectivity index (χ2n) is 10.4. The monoisotopic (exact) mass is 306 g/mol. The minimum Gasteiger partial charge on any atom is -0.303 e. The molecule has 1 saturated carbocycles. The summed E-state index contributed by atoms with van der Waals surface area (Å²) in [7, 11) is 0. The second kappa shape index (κ2) is 5.77. The fourth-order valence-electron chi connectivity index (χ4n) is 5.11. The number of nitrogens with zero attached hydrogens (tertiary/aromatic N) is 2. The summed E-state index contributed by atoms with van der Waals surface area (Å²) in [6, 6.07) is 0. The van der Waals surface area contributed by atoms with E-state index in [0.717, 1.165) is 23.7 Å². The summed E-state index contributed by atoms with van der Waals surface area (Å²) in [5.41, 5.74) is 0.874. The van der Waals surface area contributed by atoms with Gasteiger partial charge < -0.3 is 4.90 Å².